The average molecular weight is 787 g/mol. The van der Waals surface area contributed by atoms with Gasteiger partial charge in [0.15, 0.2) is 0 Å². The maximum atomic E-state index is 13.2. The van der Waals surface area contributed by atoms with E-state index in [1.54, 1.807) is 29.3 Å². The number of rotatable bonds is 16. The number of nitrogens with one attached hydrogen (secondary N) is 3. The number of pyridine rings is 1. The van der Waals surface area contributed by atoms with E-state index >= 15 is 0 Å². The van der Waals surface area contributed by atoms with Crippen molar-refractivity contribution >= 4 is 52.2 Å². The second kappa shape index (κ2) is 17.9. The van der Waals surface area contributed by atoms with Gasteiger partial charge in [0.2, 0.25) is 23.7 Å². The van der Waals surface area contributed by atoms with Crippen molar-refractivity contribution in [2.45, 2.75) is 76.9 Å². The van der Waals surface area contributed by atoms with E-state index in [1.807, 2.05) is 17.6 Å². The molecule has 5 amide bonds. The molecule has 304 valence electrons. The van der Waals surface area contributed by atoms with Crippen molar-refractivity contribution in [3.63, 3.8) is 0 Å². The predicted molar refractivity (Wildman–Crippen MR) is 208 cm³/mol. The summed E-state index contributed by atoms with van der Waals surface area (Å²) in [6, 6.07) is 5.96. The molecule has 1 aliphatic carbocycles. The molecule has 0 bridgehead atoms. The van der Waals surface area contributed by atoms with Crippen LogP contribution in [-0.2, 0) is 28.6 Å². The smallest absolute Gasteiger partial charge is 0.264 e. The summed E-state index contributed by atoms with van der Waals surface area (Å²) in [4.78, 5) is 88.3. The standard InChI is InChI=1S/C40H50N8O9/c1-24-5-3-8-30(24)47-35-26(21-25(2)37(47)52)22-42-40(45-35)43-27-11-14-46(15-12-27)33(50)23-57-20-19-56-18-17-55-16-13-41-29-7-4-6-28-34(29)39(54)48(38(28)53)31-9-10-32(49)44-36(31)51/h4,6-7,21-22,24,27,30-31,41H,3,5,8-20,23H2,1-2H3,(H,42,43,45)(H,44,49,51)/t24-,30+,31?/m0/s1. The van der Waals surface area contributed by atoms with Gasteiger partial charge in [-0.25, -0.2) is 4.98 Å². The maximum absolute atomic E-state index is 13.2. The number of nitrogens with zero attached hydrogens (tertiary/aromatic N) is 5. The van der Waals surface area contributed by atoms with Crippen LogP contribution in [0.25, 0.3) is 11.0 Å². The molecule has 3 atom stereocenters. The first-order valence-electron chi connectivity index (χ1n) is 19.9. The van der Waals surface area contributed by atoms with Gasteiger partial charge < -0.3 is 29.7 Å². The van der Waals surface area contributed by atoms with Crippen molar-refractivity contribution in [1.82, 2.24) is 29.7 Å². The molecule has 1 saturated carbocycles. The number of benzene rings is 1. The SMILES string of the molecule is Cc1cc2cnc(NC3CCN(C(=O)COCCOCCOCCNc4cccc5c4C(=O)N(C4CCC(=O)NC4=O)C5=O)CC3)nc2n([C@@H]2CCC[C@@H]2C)c1=O. The number of piperidine rings is 2. The normalized spacial score (nSPS) is 21.3. The highest BCUT2D eigenvalue weighted by Gasteiger charge is 2.45. The van der Waals surface area contributed by atoms with Crippen LogP contribution in [0.3, 0.4) is 0 Å². The van der Waals surface area contributed by atoms with Crippen molar-refractivity contribution in [2.24, 2.45) is 5.92 Å². The van der Waals surface area contributed by atoms with Crippen LogP contribution in [0.2, 0.25) is 0 Å². The van der Waals surface area contributed by atoms with E-state index < -0.39 is 29.7 Å². The summed E-state index contributed by atoms with van der Waals surface area (Å²) in [6.07, 6.45) is 6.58. The molecule has 17 nitrogen and oxygen atoms in total. The van der Waals surface area contributed by atoms with E-state index in [-0.39, 0.29) is 60.7 Å². The number of amides is 5. The maximum Gasteiger partial charge on any atom is 0.264 e. The molecule has 3 aromatic rings. The van der Waals surface area contributed by atoms with E-state index in [2.05, 4.69) is 27.9 Å². The number of anilines is 2. The second-order valence-electron chi connectivity index (χ2n) is 15.1. The monoisotopic (exact) mass is 786 g/mol. The summed E-state index contributed by atoms with van der Waals surface area (Å²) >= 11 is 0. The van der Waals surface area contributed by atoms with Crippen LogP contribution in [0.1, 0.15) is 84.2 Å². The van der Waals surface area contributed by atoms with Crippen molar-refractivity contribution < 1.29 is 38.2 Å². The minimum absolute atomic E-state index is 0.0136. The van der Waals surface area contributed by atoms with Crippen LogP contribution < -0.4 is 21.5 Å². The Morgan fingerprint density at radius 1 is 0.930 bits per heavy atom. The fourth-order valence-electron chi connectivity index (χ4n) is 8.21. The fourth-order valence-corrected chi connectivity index (χ4v) is 8.21. The van der Waals surface area contributed by atoms with Crippen LogP contribution in [0.5, 0.6) is 0 Å². The molecule has 2 aromatic heterocycles. The number of aromatic nitrogens is 3. The summed E-state index contributed by atoms with van der Waals surface area (Å²) in [5, 5.41) is 9.62. The topological polar surface area (TPSA) is 203 Å². The van der Waals surface area contributed by atoms with E-state index in [9.17, 15) is 28.8 Å². The Morgan fingerprint density at radius 2 is 1.68 bits per heavy atom. The Balaban J connectivity index is 0.756. The quantitative estimate of drug-likeness (QED) is 0.141. The highest BCUT2D eigenvalue weighted by molar-refractivity contribution is 6.25. The second-order valence-corrected chi connectivity index (χ2v) is 15.1. The molecule has 1 aromatic carbocycles. The number of aryl methyl sites for hydroxylation is 1. The van der Waals surface area contributed by atoms with Gasteiger partial charge in [0.25, 0.3) is 17.4 Å². The molecule has 7 rings (SSSR count). The number of carbonyl (C=O) groups is 5. The molecule has 3 aliphatic heterocycles. The fraction of sp³-hybridized carbons (Fsp3) is 0.550. The number of hydrogen-bond donors (Lipinski definition) is 3. The van der Waals surface area contributed by atoms with E-state index in [0.29, 0.717) is 74.8 Å². The zero-order valence-electron chi connectivity index (χ0n) is 32.4. The van der Waals surface area contributed by atoms with Gasteiger partial charge in [0, 0.05) is 61.0 Å². The first-order valence-corrected chi connectivity index (χ1v) is 19.9. The van der Waals surface area contributed by atoms with Gasteiger partial charge in [-0.15, -0.1) is 0 Å². The van der Waals surface area contributed by atoms with Gasteiger partial charge in [0.05, 0.1) is 44.2 Å². The zero-order valence-corrected chi connectivity index (χ0v) is 32.4. The summed E-state index contributed by atoms with van der Waals surface area (Å²) in [5.41, 5.74) is 2.25. The first-order chi connectivity index (χ1) is 27.6. The number of imide groups is 2. The Labute approximate surface area is 329 Å². The third kappa shape index (κ3) is 8.84. The van der Waals surface area contributed by atoms with Gasteiger partial charge in [-0.1, -0.05) is 19.4 Å². The molecular weight excluding hydrogens is 736 g/mol. The Hall–Kier alpha value is -5.26. The van der Waals surface area contributed by atoms with Crippen LogP contribution >= 0.6 is 0 Å². The lowest BCUT2D eigenvalue weighted by Crippen LogP contribution is -2.54. The number of hydrogen-bond acceptors (Lipinski definition) is 13. The van der Waals surface area contributed by atoms with Gasteiger partial charge in [-0.2, -0.15) is 4.98 Å². The highest BCUT2D eigenvalue weighted by atomic mass is 16.5. The average Bonchev–Trinajstić information content (AvgIpc) is 3.73. The van der Waals surface area contributed by atoms with Crippen LogP contribution in [0.15, 0.2) is 35.3 Å². The van der Waals surface area contributed by atoms with Crippen molar-refractivity contribution in [3.05, 3.63) is 57.5 Å². The van der Waals surface area contributed by atoms with Gasteiger partial charge in [-0.05, 0) is 63.1 Å². The van der Waals surface area contributed by atoms with Crippen molar-refractivity contribution in [2.75, 3.05) is 69.9 Å². The molecule has 0 radical (unpaired) electrons. The van der Waals surface area contributed by atoms with Gasteiger partial charge in [-0.3, -0.25) is 43.6 Å². The Kier molecular flexibility index (Phi) is 12.5. The third-order valence-electron chi connectivity index (χ3n) is 11.3. The molecule has 3 fully saturated rings. The summed E-state index contributed by atoms with van der Waals surface area (Å²) < 4.78 is 18.7. The van der Waals surface area contributed by atoms with Crippen LogP contribution in [0.4, 0.5) is 11.6 Å². The van der Waals surface area contributed by atoms with Gasteiger partial charge >= 0.3 is 0 Å². The van der Waals surface area contributed by atoms with E-state index in [0.717, 1.165) is 42.4 Å². The summed E-state index contributed by atoms with van der Waals surface area (Å²) in [6.45, 7) is 7.05. The highest BCUT2D eigenvalue weighted by Crippen LogP contribution is 2.36. The van der Waals surface area contributed by atoms with E-state index in [4.69, 9.17) is 19.2 Å². The molecule has 5 heterocycles. The minimum Gasteiger partial charge on any atom is -0.382 e. The lowest BCUT2D eigenvalue weighted by atomic mass is 10.0. The molecule has 57 heavy (non-hydrogen) atoms. The lowest BCUT2D eigenvalue weighted by molar-refractivity contribution is -0.138. The molecular formula is C40H50N8O9. The van der Waals surface area contributed by atoms with E-state index in [1.165, 1.54) is 0 Å². The molecule has 3 N–H and O–H groups in total. The van der Waals surface area contributed by atoms with Crippen molar-refractivity contribution in [3.8, 4) is 0 Å². The predicted octanol–water partition coefficient (Wildman–Crippen LogP) is 2.43. The summed E-state index contributed by atoms with van der Waals surface area (Å²) in [7, 11) is 0. The summed E-state index contributed by atoms with van der Waals surface area (Å²) in [5.74, 6) is -1.38. The van der Waals surface area contributed by atoms with Gasteiger partial charge in [0.1, 0.15) is 18.3 Å². The minimum atomic E-state index is -1.03. The number of likely N-dealkylation sites (tertiary alicyclic amines) is 1. The first kappa shape index (κ1) is 40.0. The molecule has 2 saturated heterocycles. The Bertz CT molecular complexity index is 2080. The van der Waals surface area contributed by atoms with Crippen LogP contribution in [-0.4, -0.2) is 125 Å². The number of fused-ring (bicyclic) bond motifs is 2. The van der Waals surface area contributed by atoms with Crippen molar-refractivity contribution in [1.29, 1.82) is 0 Å². The third-order valence-corrected chi connectivity index (χ3v) is 11.3. The molecule has 0 spiro atoms. The Morgan fingerprint density at radius 3 is 2.42 bits per heavy atom. The molecule has 4 aliphatic rings. The number of carbonyl (C=O) groups excluding carboxylic acids is 5. The largest absolute Gasteiger partial charge is 0.382 e. The molecule has 1 unspecified atom stereocenters. The van der Waals surface area contributed by atoms with Crippen LogP contribution in [0, 0.1) is 12.8 Å². The molecule has 17 heteroatoms. The number of ether oxygens (including phenoxy) is 3. The zero-order chi connectivity index (χ0) is 40.1. The lowest BCUT2D eigenvalue weighted by Gasteiger charge is -2.32.